The summed E-state index contributed by atoms with van der Waals surface area (Å²) in [6.45, 7) is 2.50. The van der Waals surface area contributed by atoms with Gasteiger partial charge in [-0.2, -0.15) is 0 Å². The van der Waals surface area contributed by atoms with Gasteiger partial charge in [0.2, 0.25) is 0 Å². The van der Waals surface area contributed by atoms with Crippen LogP contribution in [0.5, 0.6) is 5.75 Å². The minimum absolute atomic E-state index is 0.0340. The van der Waals surface area contributed by atoms with Gasteiger partial charge in [0.1, 0.15) is 11.6 Å². The summed E-state index contributed by atoms with van der Waals surface area (Å²) in [6.07, 6.45) is 0. The molecule has 2 aromatic rings. The highest BCUT2D eigenvalue weighted by Gasteiger charge is 2.04. The summed E-state index contributed by atoms with van der Waals surface area (Å²) in [7, 11) is 0. The Labute approximate surface area is 134 Å². The lowest BCUT2D eigenvalue weighted by Gasteiger charge is -2.09. The first kappa shape index (κ1) is 16.4. The van der Waals surface area contributed by atoms with E-state index in [1.54, 1.807) is 12.1 Å². The Balaban J connectivity index is 1.74. The van der Waals surface area contributed by atoms with E-state index in [1.165, 1.54) is 23.9 Å². The Bertz CT molecular complexity index is 602. The minimum Gasteiger partial charge on any atom is -0.493 e. The second-order valence-electron chi connectivity index (χ2n) is 4.70. The van der Waals surface area contributed by atoms with Crippen LogP contribution in [0, 0.1) is 5.82 Å². The minimum atomic E-state index is -0.270. The van der Waals surface area contributed by atoms with E-state index in [0.717, 1.165) is 5.56 Å². The number of nitrogens with two attached hydrogens (primary N) is 1. The molecule has 0 amide bonds. The lowest BCUT2D eigenvalue weighted by Crippen LogP contribution is -2.12. The molecule has 0 spiro atoms. The molecular weight excluding hydrogens is 299 g/mol. The normalized spacial score (nSPS) is 12.9. The highest BCUT2D eigenvalue weighted by Crippen LogP contribution is 2.17. The maximum atomic E-state index is 12.8. The Hall–Kier alpha value is -2.01. The van der Waals surface area contributed by atoms with Crippen molar-refractivity contribution in [1.29, 1.82) is 0 Å². The zero-order valence-electron chi connectivity index (χ0n) is 12.4. The van der Waals surface area contributed by atoms with Crippen molar-refractivity contribution in [2.75, 3.05) is 12.4 Å². The quantitative estimate of drug-likeness (QED) is 0.497. The van der Waals surface area contributed by atoms with Crippen LogP contribution in [0.1, 0.15) is 18.5 Å². The Kier molecular flexibility index (Phi) is 6.27. The number of amidine groups is 1. The Morgan fingerprint density at radius 3 is 2.55 bits per heavy atom. The molecule has 0 heterocycles. The van der Waals surface area contributed by atoms with Crippen LogP contribution in [-0.4, -0.2) is 17.5 Å². The maximum Gasteiger partial charge on any atom is 0.154 e. The smallest absolute Gasteiger partial charge is 0.154 e. The Morgan fingerprint density at radius 2 is 1.86 bits per heavy atom. The van der Waals surface area contributed by atoms with Crippen LogP contribution in [0.2, 0.25) is 0 Å². The van der Waals surface area contributed by atoms with Crippen molar-refractivity contribution in [2.45, 2.75) is 13.0 Å². The molecule has 3 nitrogen and oxygen atoms in total. The highest BCUT2D eigenvalue weighted by molar-refractivity contribution is 8.13. The zero-order chi connectivity index (χ0) is 15.8. The molecule has 0 radical (unpaired) electrons. The van der Waals surface area contributed by atoms with Crippen LogP contribution in [-0.2, 0) is 0 Å². The van der Waals surface area contributed by atoms with Crippen molar-refractivity contribution >= 4 is 16.9 Å². The lowest BCUT2D eigenvalue weighted by molar-refractivity contribution is 0.343. The summed E-state index contributed by atoms with van der Waals surface area (Å²) in [5.74, 6) is 1.07. The van der Waals surface area contributed by atoms with Gasteiger partial charge in [0.05, 0.1) is 12.6 Å². The molecule has 2 aromatic carbocycles. The van der Waals surface area contributed by atoms with Gasteiger partial charge in [0.15, 0.2) is 5.17 Å². The van der Waals surface area contributed by atoms with Crippen LogP contribution in [0.15, 0.2) is 59.6 Å². The number of hydrogen-bond acceptors (Lipinski definition) is 3. The maximum absolute atomic E-state index is 12.8. The molecule has 0 aromatic heterocycles. The van der Waals surface area contributed by atoms with Gasteiger partial charge < -0.3 is 10.5 Å². The molecule has 0 aliphatic carbocycles. The standard InChI is InChI=1S/C17H19FN2OS/c1-13(14-5-3-2-4-6-14)20-17(19)22-12-11-21-16-9-7-15(18)8-10-16/h2-10,13H,11-12H2,1H3,(H2,19,20)/t13-/m0/s1. The van der Waals surface area contributed by atoms with Gasteiger partial charge in [0, 0.05) is 5.75 Å². The number of halogens is 1. The SMILES string of the molecule is C[C@H](N=C(N)SCCOc1ccc(F)cc1)c1ccccc1. The Morgan fingerprint density at radius 1 is 1.18 bits per heavy atom. The van der Waals surface area contributed by atoms with Crippen LogP contribution >= 0.6 is 11.8 Å². The van der Waals surface area contributed by atoms with Gasteiger partial charge in [0.25, 0.3) is 0 Å². The molecule has 116 valence electrons. The van der Waals surface area contributed by atoms with Crippen molar-refractivity contribution in [3.8, 4) is 5.75 Å². The van der Waals surface area contributed by atoms with Gasteiger partial charge >= 0.3 is 0 Å². The van der Waals surface area contributed by atoms with E-state index in [9.17, 15) is 4.39 Å². The number of hydrogen-bond donors (Lipinski definition) is 1. The number of nitrogens with zero attached hydrogens (tertiary/aromatic N) is 1. The first-order valence-corrected chi connectivity index (χ1v) is 8.03. The number of benzene rings is 2. The molecule has 5 heteroatoms. The van der Waals surface area contributed by atoms with Crippen molar-refractivity contribution in [3.05, 3.63) is 66.0 Å². The van der Waals surface area contributed by atoms with Gasteiger partial charge in [-0.15, -0.1) is 0 Å². The molecule has 0 aliphatic heterocycles. The fourth-order valence-corrected chi connectivity index (χ4v) is 2.48. The monoisotopic (exact) mass is 318 g/mol. The van der Waals surface area contributed by atoms with Crippen molar-refractivity contribution < 1.29 is 9.13 Å². The van der Waals surface area contributed by atoms with E-state index in [0.29, 0.717) is 23.3 Å². The topological polar surface area (TPSA) is 47.6 Å². The van der Waals surface area contributed by atoms with E-state index in [-0.39, 0.29) is 11.9 Å². The summed E-state index contributed by atoms with van der Waals surface area (Å²) in [5, 5.41) is 0.541. The van der Waals surface area contributed by atoms with Gasteiger partial charge in [-0.05, 0) is 36.8 Å². The average molecular weight is 318 g/mol. The second kappa shape index (κ2) is 8.44. The number of ether oxygens (including phenoxy) is 1. The molecule has 0 fully saturated rings. The molecule has 0 saturated heterocycles. The molecule has 1 atom stereocenters. The van der Waals surface area contributed by atoms with Crippen molar-refractivity contribution in [1.82, 2.24) is 0 Å². The van der Waals surface area contributed by atoms with Gasteiger partial charge in [-0.1, -0.05) is 42.1 Å². The van der Waals surface area contributed by atoms with E-state index >= 15 is 0 Å². The second-order valence-corrected chi connectivity index (χ2v) is 5.82. The van der Waals surface area contributed by atoms with E-state index in [1.807, 2.05) is 37.3 Å². The molecule has 0 unspecified atom stereocenters. The lowest BCUT2D eigenvalue weighted by atomic mass is 10.1. The van der Waals surface area contributed by atoms with E-state index < -0.39 is 0 Å². The molecule has 0 saturated carbocycles. The first-order valence-electron chi connectivity index (χ1n) is 7.04. The molecule has 2 N–H and O–H groups in total. The third-order valence-electron chi connectivity index (χ3n) is 3.02. The van der Waals surface area contributed by atoms with Gasteiger partial charge in [-0.3, -0.25) is 4.99 Å². The summed E-state index contributed by atoms with van der Waals surface area (Å²) in [5.41, 5.74) is 7.05. The largest absolute Gasteiger partial charge is 0.493 e. The van der Waals surface area contributed by atoms with Crippen LogP contribution in [0.25, 0.3) is 0 Å². The van der Waals surface area contributed by atoms with Crippen molar-refractivity contribution in [2.24, 2.45) is 10.7 Å². The predicted molar refractivity (Wildman–Crippen MR) is 90.8 cm³/mol. The van der Waals surface area contributed by atoms with Crippen LogP contribution in [0.3, 0.4) is 0 Å². The molecular formula is C17H19FN2OS. The summed E-state index contributed by atoms with van der Waals surface area (Å²) in [4.78, 5) is 4.46. The predicted octanol–water partition coefficient (Wildman–Crippen LogP) is 4.01. The summed E-state index contributed by atoms with van der Waals surface area (Å²) in [6, 6.07) is 16.0. The third kappa shape index (κ3) is 5.41. The molecule has 22 heavy (non-hydrogen) atoms. The van der Waals surface area contributed by atoms with Crippen LogP contribution < -0.4 is 10.5 Å². The fraction of sp³-hybridized carbons (Fsp3) is 0.235. The third-order valence-corrected chi connectivity index (χ3v) is 3.79. The zero-order valence-corrected chi connectivity index (χ0v) is 13.2. The van der Waals surface area contributed by atoms with Crippen molar-refractivity contribution in [3.63, 3.8) is 0 Å². The van der Waals surface area contributed by atoms with E-state index in [4.69, 9.17) is 10.5 Å². The molecule has 0 bridgehead atoms. The summed E-state index contributed by atoms with van der Waals surface area (Å²) < 4.78 is 18.3. The molecule has 2 rings (SSSR count). The number of thioether (sulfide) groups is 1. The van der Waals surface area contributed by atoms with E-state index in [2.05, 4.69) is 4.99 Å². The van der Waals surface area contributed by atoms with Gasteiger partial charge in [-0.25, -0.2) is 4.39 Å². The first-order chi connectivity index (χ1) is 10.6. The highest BCUT2D eigenvalue weighted by atomic mass is 32.2. The fourth-order valence-electron chi connectivity index (χ4n) is 1.87. The average Bonchev–Trinajstić information content (AvgIpc) is 2.54. The number of aliphatic imine (C=N–C) groups is 1. The molecule has 0 aliphatic rings. The number of rotatable bonds is 6. The summed E-state index contributed by atoms with van der Waals surface area (Å²) >= 11 is 1.45. The van der Waals surface area contributed by atoms with Crippen LogP contribution in [0.4, 0.5) is 4.39 Å².